The lowest BCUT2D eigenvalue weighted by Crippen LogP contribution is -2.41. The molecule has 0 bridgehead atoms. The number of allylic oxidation sites excluding steroid dienone is 4. The van der Waals surface area contributed by atoms with Gasteiger partial charge in [-0.1, -0.05) is 84.0 Å². The third kappa shape index (κ3) is 7.98. The average Bonchev–Trinajstić information content (AvgIpc) is 2.84. The van der Waals surface area contributed by atoms with Crippen LogP contribution in [0.4, 0.5) is 0 Å². The van der Waals surface area contributed by atoms with Crippen LogP contribution in [0.15, 0.2) is 84.0 Å². The smallest absolute Gasteiger partial charge is 0.0550 e. The van der Waals surface area contributed by atoms with E-state index in [9.17, 15) is 0 Å². The molecule has 0 atom stereocenters. The zero-order chi connectivity index (χ0) is 22.6. The molecule has 1 saturated carbocycles. The van der Waals surface area contributed by atoms with Crippen LogP contribution in [0.5, 0.6) is 0 Å². The van der Waals surface area contributed by atoms with E-state index in [1.165, 1.54) is 36.8 Å². The van der Waals surface area contributed by atoms with Crippen molar-refractivity contribution in [3.05, 3.63) is 95.1 Å². The maximum atomic E-state index is 6.21. The summed E-state index contributed by atoms with van der Waals surface area (Å²) in [4.78, 5) is 0. The van der Waals surface area contributed by atoms with Crippen molar-refractivity contribution in [2.24, 2.45) is 5.41 Å². The molecule has 2 aromatic carbocycles. The molecule has 2 nitrogen and oxygen atoms in total. The lowest BCUT2D eigenvalue weighted by atomic mass is 9.65. The zero-order valence-corrected chi connectivity index (χ0v) is 20.1. The summed E-state index contributed by atoms with van der Waals surface area (Å²) in [7, 11) is 0. The van der Waals surface area contributed by atoms with Crippen molar-refractivity contribution in [3.8, 4) is 0 Å². The predicted molar refractivity (Wildman–Crippen MR) is 137 cm³/mol. The second-order valence-electron chi connectivity index (χ2n) is 9.96. The Morgan fingerprint density at radius 2 is 1.30 bits per heavy atom. The van der Waals surface area contributed by atoms with Crippen molar-refractivity contribution in [1.82, 2.24) is 0 Å². The molecule has 1 fully saturated rings. The molecule has 0 unspecified atom stereocenters. The molecule has 0 saturated heterocycles. The lowest BCUT2D eigenvalue weighted by molar-refractivity contribution is -0.0448. The Bertz CT molecular complexity index is 822. The van der Waals surface area contributed by atoms with E-state index in [1.807, 2.05) is 0 Å². The summed E-state index contributed by atoms with van der Waals surface area (Å²) in [5.41, 5.74) is 6.10. The summed E-state index contributed by atoms with van der Waals surface area (Å²) < 4.78 is 12.4. The second kappa shape index (κ2) is 12.9. The van der Waals surface area contributed by atoms with E-state index >= 15 is 0 Å². The molecule has 33 heavy (non-hydrogen) atoms. The fraction of sp³-hybridized carbons (Fsp3) is 0.484. The molecule has 2 aliphatic carbocycles. The monoisotopic (exact) mass is 444 g/mol. The van der Waals surface area contributed by atoms with Gasteiger partial charge < -0.3 is 9.47 Å². The van der Waals surface area contributed by atoms with Crippen LogP contribution in [-0.2, 0) is 22.3 Å². The molecule has 2 heteroatoms. The Morgan fingerprint density at radius 1 is 0.727 bits per heavy atom. The summed E-state index contributed by atoms with van der Waals surface area (Å²) in [6, 6.07) is 21.4. The van der Waals surface area contributed by atoms with Crippen LogP contribution in [0.2, 0.25) is 0 Å². The number of rotatable bonds is 13. The molecule has 0 radical (unpaired) electrons. The van der Waals surface area contributed by atoms with Crippen LogP contribution in [0.25, 0.3) is 0 Å². The average molecular weight is 445 g/mol. The second-order valence-corrected chi connectivity index (χ2v) is 9.96. The number of benzene rings is 2. The van der Waals surface area contributed by atoms with Gasteiger partial charge in [0.15, 0.2) is 0 Å². The maximum absolute atomic E-state index is 6.21. The van der Waals surface area contributed by atoms with Gasteiger partial charge in [-0.05, 0) is 75.3 Å². The van der Waals surface area contributed by atoms with Crippen LogP contribution in [0.1, 0.15) is 62.5 Å². The summed E-state index contributed by atoms with van der Waals surface area (Å²) in [5, 5.41) is 0. The van der Waals surface area contributed by atoms with Gasteiger partial charge >= 0.3 is 0 Å². The third-order valence-corrected chi connectivity index (χ3v) is 6.93. The molecule has 0 amide bonds. The lowest BCUT2D eigenvalue weighted by Gasteiger charge is -2.44. The van der Waals surface area contributed by atoms with E-state index in [-0.39, 0.29) is 5.41 Å². The van der Waals surface area contributed by atoms with Crippen molar-refractivity contribution in [3.63, 3.8) is 0 Å². The van der Waals surface area contributed by atoms with Gasteiger partial charge in [0, 0.05) is 18.6 Å². The van der Waals surface area contributed by atoms with Gasteiger partial charge in [0.05, 0.1) is 13.2 Å². The highest BCUT2D eigenvalue weighted by atomic mass is 16.5. The molecule has 0 N–H and O–H groups in total. The summed E-state index contributed by atoms with van der Waals surface area (Å²) in [6.45, 7) is 3.29. The van der Waals surface area contributed by atoms with E-state index in [0.29, 0.717) is 0 Å². The van der Waals surface area contributed by atoms with Crippen molar-refractivity contribution in [2.75, 3.05) is 26.4 Å². The summed E-state index contributed by atoms with van der Waals surface area (Å²) >= 11 is 0. The normalized spacial score (nSPS) is 17.3. The van der Waals surface area contributed by atoms with E-state index in [0.717, 1.165) is 65.0 Å². The minimum Gasteiger partial charge on any atom is -0.381 e. The molecule has 0 heterocycles. The molecule has 0 spiro atoms. The van der Waals surface area contributed by atoms with Crippen molar-refractivity contribution in [2.45, 2.75) is 64.2 Å². The van der Waals surface area contributed by atoms with Crippen molar-refractivity contribution in [1.29, 1.82) is 0 Å². The Hall–Kier alpha value is -2.16. The van der Waals surface area contributed by atoms with Crippen molar-refractivity contribution >= 4 is 0 Å². The largest absolute Gasteiger partial charge is 0.381 e. The number of hydrogen-bond donors (Lipinski definition) is 0. The van der Waals surface area contributed by atoms with E-state index < -0.39 is 0 Å². The van der Waals surface area contributed by atoms with E-state index in [2.05, 4.69) is 72.8 Å². The first-order valence-corrected chi connectivity index (χ1v) is 12.9. The minimum absolute atomic E-state index is 0.167. The standard InChI is InChI=1S/C31H40O2/c1-4-12-27(13-5-1)18-10-20-32-25-31(23-30(24-31)22-29-16-8-3-9-17-29)26-33-21-11-19-28-14-6-2-7-15-28/h1-2,4-7,12-16,22H,3,8-11,17-21,23-26H2. The Kier molecular flexibility index (Phi) is 9.38. The number of hydrogen-bond acceptors (Lipinski definition) is 2. The molecule has 0 aromatic heterocycles. The maximum Gasteiger partial charge on any atom is 0.0550 e. The first kappa shape index (κ1) is 24.0. The topological polar surface area (TPSA) is 18.5 Å². The fourth-order valence-corrected chi connectivity index (χ4v) is 5.14. The SMILES string of the molecule is C1=C(C=C2CC(COCCCc3ccccc3)(COCCCc3ccccc3)C2)CCCC1. The van der Waals surface area contributed by atoms with Crippen molar-refractivity contribution < 1.29 is 9.47 Å². The van der Waals surface area contributed by atoms with Gasteiger partial charge in [0.25, 0.3) is 0 Å². The molecular weight excluding hydrogens is 404 g/mol. The Morgan fingerprint density at radius 3 is 1.82 bits per heavy atom. The van der Waals surface area contributed by atoms with E-state index in [4.69, 9.17) is 9.47 Å². The number of aryl methyl sites for hydroxylation is 2. The quantitative estimate of drug-likeness (QED) is 0.298. The first-order valence-electron chi connectivity index (χ1n) is 12.9. The zero-order valence-electron chi connectivity index (χ0n) is 20.1. The Balaban J connectivity index is 1.21. The molecule has 176 valence electrons. The van der Waals surface area contributed by atoms with Crippen LogP contribution in [-0.4, -0.2) is 26.4 Å². The molecule has 2 aromatic rings. The van der Waals surface area contributed by atoms with Crippen LogP contribution in [0.3, 0.4) is 0 Å². The number of ether oxygens (including phenoxy) is 2. The highest BCUT2D eigenvalue weighted by Crippen LogP contribution is 2.46. The summed E-state index contributed by atoms with van der Waals surface area (Å²) in [5.74, 6) is 0. The fourth-order valence-electron chi connectivity index (χ4n) is 5.14. The highest BCUT2D eigenvalue weighted by molar-refractivity contribution is 5.31. The Labute approximate surface area is 200 Å². The van der Waals surface area contributed by atoms with Gasteiger partial charge in [-0.3, -0.25) is 0 Å². The molecule has 0 aliphatic heterocycles. The third-order valence-electron chi connectivity index (χ3n) is 6.93. The molecule has 4 rings (SSSR count). The first-order chi connectivity index (χ1) is 16.3. The van der Waals surface area contributed by atoms with Crippen LogP contribution >= 0.6 is 0 Å². The predicted octanol–water partition coefficient (Wildman–Crippen LogP) is 7.49. The summed E-state index contributed by atoms with van der Waals surface area (Å²) in [6.07, 6.45) is 16.7. The minimum atomic E-state index is 0.167. The van der Waals surface area contributed by atoms with Gasteiger partial charge in [0.2, 0.25) is 0 Å². The molecule has 2 aliphatic rings. The van der Waals surface area contributed by atoms with E-state index in [1.54, 1.807) is 11.1 Å². The van der Waals surface area contributed by atoms with Crippen LogP contribution in [0, 0.1) is 5.41 Å². The van der Waals surface area contributed by atoms with Gasteiger partial charge in [-0.25, -0.2) is 0 Å². The van der Waals surface area contributed by atoms with Crippen LogP contribution < -0.4 is 0 Å². The highest BCUT2D eigenvalue weighted by Gasteiger charge is 2.41. The molecular formula is C31H40O2. The van der Waals surface area contributed by atoms with Gasteiger partial charge in [-0.2, -0.15) is 0 Å². The van der Waals surface area contributed by atoms with Gasteiger partial charge in [0.1, 0.15) is 0 Å². The van der Waals surface area contributed by atoms with Gasteiger partial charge in [-0.15, -0.1) is 0 Å².